The average molecular weight is 361 g/mol. The van der Waals surface area contributed by atoms with Gasteiger partial charge in [-0.3, -0.25) is 4.79 Å². The van der Waals surface area contributed by atoms with Crippen LogP contribution in [0.2, 0.25) is 0 Å². The summed E-state index contributed by atoms with van der Waals surface area (Å²) in [6.45, 7) is 4.42. The number of benzene rings is 2. The summed E-state index contributed by atoms with van der Waals surface area (Å²) >= 11 is 0. The molecule has 1 aliphatic heterocycles. The third-order valence-corrected chi connectivity index (χ3v) is 4.62. The molecular formula is C22H23N3O2. The normalized spacial score (nSPS) is 13.5. The number of anilines is 1. The van der Waals surface area contributed by atoms with Crippen molar-refractivity contribution in [2.24, 2.45) is 0 Å². The summed E-state index contributed by atoms with van der Waals surface area (Å²) in [5.74, 6) is 0.808. The molecule has 2 aromatic carbocycles. The summed E-state index contributed by atoms with van der Waals surface area (Å²) in [6.07, 6.45) is 2.91. The average Bonchev–Trinajstić information content (AvgIpc) is 2.65. The number of nitrogens with zero attached hydrogens (tertiary/aromatic N) is 2. The van der Waals surface area contributed by atoms with Crippen LogP contribution in [0.5, 0.6) is 5.75 Å². The van der Waals surface area contributed by atoms with Gasteiger partial charge in [0.05, 0.1) is 18.8 Å². The topological polar surface area (TPSA) is 65.4 Å². The molecule has 3 rings (SSSR count). The maximum absolute atomic E-state index is 12.3. The van der Waals surface area contributed by atoms with Crippen molar-refractivity contribution in [2.75, 3.05) is 32.1 Å². The van der Waals surface area contributed by atoms with Crippen molar-refractivity contribution in [3.8, 4) is 11.8 Å². The van der Waals surface area contributed by atoms with Gasteiger partial charge in [0, 0.05) is 42.5 Å². The number of nitrogens with one attached hydrogen (secondary N) is 1. The smallest absolute Gasteiger partial charge is 0.253 e. The Morgan fingerprint density at radius 3 is 2.56 bits per heavy atom. The first-order valence-corrected chi connectivity index (χ1v) is 9.09. The van der Waals surface area contributed by atoms with E-state index < -0.39 is 0 Å². The van der Waals surface area contributed by atoms with Crippen molar-refractivity contribution < 1.29 is 9.53 Å². The molecule has 1 fully saturated rings. The van der Waals surface area contributed by atoms with Crippen LogP contribution in [0.3, 0.4) is 0 Å². The predicted octanol–water partition coefficient (Wildman–Crippen LogP) is 4.04. The number of rotatable bonds is 6. The molecular weight excluding hydrogens is 338 g/mol. The van der Waals surface area contributed by atoms with Gasteiger partial charge in [0.25, 0.3) is 5.91 Å². The van der Waals surface area contributed by atoms with Gasteiger partial charge in [0.15, 0.2) is 0 Å². The van der Waals surface area contributed by atoms with Crippen molar-refractivity contribution in [1.29, 1.82) is 5.26 Å². The fourth-order valence-electron chi connectivity index (χ4n) is 2.98. The molecule has 2 aromatic rings. The lowest BCUT2D eigenvalue weighted by atomic mass is 10.0. The van der Waals surface area contributed by atoms with Gasteiger partial charge in [-0.05, 0) is 49.2 Å². The van der Waals surface area contributed by atoms with Crippen LogP contribution in [0.4, 0.5) is 5.69 Å². The second kappa shape index (κ2) is 8.41. The van der Waals surface area contributed by atoms with E-state index in [1.54, 1.807) is 7.11 Å². The molecule has 0 radical (unpaired) electrons. The molecule has 0 unspecified atom stereocenters. The summed E-state index contributed by atoms with van der Waals surface area (Å²) < 4.78 is 5.28. The molecule has 0 aliphatic carbocycles. The van der Waals surface area contributed by atoms with E-state index in [2.05, 4.69) is 11.4 Å². The van der Waals surface area contributed by atoms with Crippen molar-refractivity contribution >= 4 is 23.2 Å². The molecule has 138 valence electrons. The third kappa shape index (κ3) is 4.12. The summed E-state index contributed by atoms with van der Waals surface area (Å²) in [5, 5.41) is 13.0. The second-order valence-corrected chi connectivity index (χ2v) is 6.38. The van der Waals surface area contributed by atoms with Crippen LogP contribution in [0, 0.1) is 11.3 Å². The van der Waals surface area contributed by atoms with E-state index in [0.717, 1.165) is 48.6 Å². The Hall–Kier alpha value is -3.26. The van der Waals surface area contributed by atoms with Gasteiger partial charge >= 0.3 is 0 Å². The fraction of sp³-hybridized carbons (Fsp3) is 0.273. The molecule has 5 nitrogen and oxygen atoms in total. The highest BCUT2D eigenvalue weighted by molar-refractivity contribution is 5.96. The molecule has 0 bridgehead atoms. The number of carbonyl (C=O) groups is 1. The van der Waals surface area contributed by atoms with E-state index in [1.165, 1.54) is 0 Å². The quantitative estimate of drug-likeness (QED) is 0.623. The van der Waals surface area contributed by atoms with Gasteiger partial charge in [-0.15, -0.1) is 0 Å². The standard InChI is InChI=1S/C22H23N3O2/c1-3-24-21-14-19(27-2)9-10-20(21)18(15-23)13-16-5-7-17(8-6-16)22(26)25-11-4-12-25/h5-10,13-14,24H,3-4,11-12H2,1-2H3/b18-13+. The zero-order valence-electron chi connectivity index (χ0n) is 15.7. The van der Waals surface area contributed by atoms with Crippen molar-refractivity contribution in [2.45, 2.75) is 13.3 Å². The lowest BCUT2D eigenvalue weighted by Gasteiger charge is -2.30. The highest BCUT2D eigenvalue weighted by Crippen LogP contribution is 2.29. The van der Waals surface area contributed by atoms with E-state index >= 15 is 0 Å². The number of nitriles is 1. The monoisotopic (exact) mass is 361 g/mol. The predicted molar refractivity (Wildman–Crippen MR) is 108 cm³/mol. The van der Waals surface area contributed by atoms with Crippen LogP contribution < -0.4 is 10.1 Å². The molecule has 1 saturated heterocycles. The number of hydrogen-bond acceptors (Lipinski definition) is 4. The first-order chi connectivity index (χ1) is 13.2. The summed E-state index contributed by atoms with van der Waals surface area (Å²) in [6, 6.07) is 15.3. The maximum atomic E-state index is 12.3. The summed E-state index contributed by atoms with van der Waals surface area (Å²) in [5.41, 5.74) is 3.79. The second-order valence-electron chi connectivity index (χ2n) is 6.38. The Balaban J connectivity index is 1.88. The van der Waals surface area contributed by atoms with Crippen molar-refractivity contribution in [3.05, 3.63) is 59.2 Å². The van der Waals surface area contributed by atoms with Crippen LogP contribution in [-0.4, -0.2) is 37.6 Å². The molecule has 1 aliphatic rings. The molecule has 0 atom stereocenters. The minimum atomic E-state index is 0.0712. The number of carbonyl (C=O) groups excluding carboxylic acids is 1. The SMILES string of the molecule is CCNc1cc(OC)ccc1/C(C#N)=C/c1ccc(C(=O)N2CCC2)cc1. The van der Waals surface area contributed by atoms with Gasteiger partial charge in [-0.1, -0.05) is 12.1 Å². The fourth-order valence-corrected chi connectivity index (χ4v) is 2.98. The maximum Gasteiger partial charge on any atom is 0.253 e. The Kier molecular flexibility index (Phi) is 5.77. The van der Waals surface area contributed by atoms with Gasteiger partial charge in [-0.2, -0.15) is 5.26 Å². The molecule has 0 spiro atoms. The Bertz CT molecular complexity index is 891. The number of ether oxygens (including phenoxy) is 1. The Morgan fingerprint density at radius 2 is 2.00 bits per heavy atom. The molecule has 1 amide bonds. The Labute approximate surface area is 159 Å². The first kappa shape index (κ1) is 18.5. The number of amides is 1. The van der Waals surface area contributed by atoms with Crippen LogP contribution in [0.15, 0.2) is 42.5 Å². The number of likely N-dealkylation sites (tertiary alicyclic amines) is 1. The molecule has 1 heterocycles. The first-order valence-electron chi connectivity index (χ1n) is 9.09. The van der Waals surface area contributed by atoms with Crippen LogP contribution in [-0.2, 0) is 0 Å². The Morgan fingerprint density at radius 1 is 1.26 bits per heavy atom. The third-order valence-electron chi connectivity index (χ3n) is 4.62. The zero-order valence-corrected chi connectivity index (χ0v) is 15.7. The van der Waals surface area contributed by atoms with Gasteiger partial charge in [0.2, 0.25) is 0 Å². The van der Waals surface area contributed by atoms with E-state index in [1.807, 2.05) is 60.4 Å². The van der Waals surface area contributed by atoms with Crippen molar-refractivity contribution in [3.63, 3.8) is 0 Å². The minimum absolute atomic E-state index is 0.0712. The molecule has 0 saturated carbocycles. The molecule has 0 aromatic heterocycles. The van der Waals surface area contributed by atoms with Gasteiger partial charge in [-0.25, -0.2) is 0 Å². The van der Waals surface area contributed by atoms with E-state index in [0.29, 0.717) is 11.1 Å². The highest BCUT2D eigenvalue weighted by Gasteiger charge is 2.21. The van der Waals surface area contributed by atoms with Crippen LogP contribution in [0.1, 0.15) is 34.8 Å². The largest absolute Gasteiger partial charge is 0.497 e. The molecule has 1 N–H and O–H groups in total. The van der Waals surface area contributed by atoms with Gasteiger partial charge < -0.3 is 15.0 Å². The zero-order chi connectivity index (χ0) is 19.2. The van der Waals surface area contributed by atoms with Crippen LogP contribution >= 0.6 is 0 Å². The van der Waals surface area contributed by atoms with Gasteiger partial charge in [0.1, 0.15) is 5.75 Å². The number of hydrogen-bond donors (Lipinski definition) is 1. The molecule has 27 heavy (non-hydrogen) atoms. The lowest BCUT2D eigenvalue weighted by Crippen LogP contribution is -2.41. The highest BCUT2D eigenvalue weighted by atomic mass is 16.5. The lowest BCUT2D eigenvalue weighted by molar-refractivity contribution is 0.0652. The van der Waals surface area contributed by atoms with E-state index in [9.17, 15) is 10.1 Å². The van der Waals surface area contributed by atoms with Crippen LogP contribution in [0.25, 0.3) is 11.6 Å². The van der Waals surface area contributed by atoms with Crippen molar-refractivity contribution in [1.82, 2.24) is 4.90 Å². The number of methoxy groups -OCH3 is 1. The molecule has 5 heteroatoms. The number of allylic oxidation sites excluding steroid dienone is 1. The van der Waals surface area contributed by atoms with E-state index in [4.69, 9.17) is 4.74 Å². The van der Waals surface area contributed by atoms with E-state index in [-0.39, 0.29) is 5.91 Å². The minimum Gasteiger partial charge on any atom is -0.497 e. The summed E-state index contributed by atoms with van der Waals surface area (Å²) in [7, 11) is 1.62. The summed E-state index contributed by atoms with van der Waals surface area (Å²) in [4.78, 5) is 14.1.